The van der Waals surface area contributed by atoms with Gasteiger partial charge in [0, 0.05) is 31.4 Å². The van der Waals surface area contributed by atoms with Gasteiger partial charge in [0.15, 0.2) is 5.66 Å². The fourth-order valence-electron chi connectivity index (χ4n) is 3.35. The highest BCUT2D eigenvalue weighted by atomic mass is 19.1. The molecule has 0 saturated carbocycles. The van der Waals surface area contributed by atoms with Crippen molar-refractivity contribution in [2.75, 3.05) is 11.4 Å². The van der Waals surface area contributed by atoms with Gasteiger partial charge in [-0.2, -0.15) is 10.2 Å². The number of hydrogen-bond donors (Lipinski definition) is 1. The Morgan fingerprint density at radius 3 is 2.43 bits per heavy atom. The summed E-state index contributed by atoms with van der Waals surface area (Å²) >= 11 is 0. The molecule has 2 aromatic carbocycles. The molecule has 150 valence electrons. The number of hydrogen-bond acceptors (Lipinski definition) is 5. The van der Waals surface area contributed by atoms with E-state index in [0.29, 0.717) is 25.8 Å². The van der Waals surface area contributed by atoms with Crippen LogP contribution in [0.1, 0.15) is 50.3 Å². The summed E-state index contributed by atoms with van der Waals surface area (Å²) in [6.07, 6.45) is 7.01. The molecule has 2 aliphatic heterocycles. The first-order valence-electron chi connectivity index (χ1n) is 9.38. The van der Waals surface area contributed by atoms with Crippen molar-refractivity contribution in [3.8, 4) is 12.3 Å². The van der Waals surface area contributed by atoms with Crippen LogP contribution in [0.15, 0.2) is 52.7 Å². The van der Waals surface area contributed by atoms with Gasteiger partial charge in [0.1, 0.15) is 5.82 Å². The van der Waals surface area contributed by atoms with E-state index in [1.165, 1.54) is 42.5 Å². The molecule has 2 aromatic rings. The van der Waals surface area contributed by atoms with Crippen molar-refractivity contribution < 1.29 is 18.8 Å². The van der Waals surface area contributed by atoms with Crippen molar-refractivity contribution in [1.82, 2.24) is 5.32 Å². The molecule has 0 aromatic heterocycles. The first kappa shape index (κ1) is 19.5. The quantitative estimate of drug-likeness (QED) is 0.567. The third kappa shape index (κ3) is 3.57. The van der Waals surface area contributed by atoms with Crippen LogP contribution in [0, 0.1) is 18.2 Å². The summed E-state index contributed by atoms with van der Waals surface area (Å²) in [6.45, 7) is 0.349. The van der Waals surface area contributed by atoms with Gasteiger partial charge in [-0.05, 0) is 42.5 Å². The fraction of sp³-hybridized carbons (Fsp3) is 0.227. The molecule has 0 spiro atoms. The number of benzene rings is 2. The van der Waals surface area contributed by atoms with Gasteiger partial charge < -0.3 is 5.32 Å². The molecule has 8 heteroatoms. The van der Waals surface area contributed by atoms with Crippen LogP contribution >= 0.6 is 0 Å². The third-order valence-corrected chi connectivity index (χ3v) is 5.10. The van der Waals surface area contributed by atoms with Crippen molar-refractivity contribution in [2.45, 2.75) is 24.9 Å². The van der Waals surface area contributed by atoms with Gasteiger partial charge in [-0.15, -0.1) is 12.3 Å². The Kier molecular flexibility index (Phi) is 4.88. The molecule has 2 aliphatic rings. The largest absolute Gasteiger partial charge is 0.352 e. The minimum absolute atomic E-state index is 0.134. The van der Waals surface area contributed by atoms with Crippen LogP contribution < -0.4 is 10.2 Å². The first-order chi connectivity index (χ1) is 14.4. The number of terminal acetylenes is 1. The molecule has 1 N–H and O–H groups in total. The maximum Gasteiger partial charge on any atom is 0.266 e. The summed E-state index contributed by atoms with van der Waals surface area (Å²) in [5.41, 5.74) is 0.371. The second kappa shape index (κ2) is 7.52. The third-order valence-electron chi connectivity index (χ3n) is 5.10. The minimum atomic E-state index is -0.555. The number of imide groups is 1. The second-order valence-corrected chi connectivity index (χ2v) is 7.07. The van der Waals surface area contributed by atoms with Crippen LogP contribution in [0.3, 0.4) is 0 Å². The summed E-state index contributed by atoms with van der Waals surface area (Å²) in [6, 6.07) is 9.40. The highest BCUT2D eigenvalue weighted by Gasteiger charge is 2.39. The van der Waals surface area contributed by atoms with E-state index in [9.17, 15) is 18.8 Å². The van der Waals surface area contributed by atoms with Crippen LogP contribution in [0.2, 0.25) is 0 Å². The lowest BCUT2D eigenvalue weighted by molar-refractivity contribution is 0.0923. The van der Waals surface area contributed by atoms with Crippen molar-refractivity contribution in [3.05, 3.63) is 65.0 Å². The van der Waals surface area contributed by atoms with Crippen LogP contribution in [0.4, 0.5) is 10.1 Å². The molecular formula is C22H17FN4O3. The van der Waals surface area contributed by atoms with Crippen molar-refractivity contribution in [3.63, 3.8) is 0 Å². The van der Waals surface area contributed by atoms with Gasteiger partial charge in [-0.3, -0.25) is 14.4 Å². The molecule has 2 heterocycles. The smallest absolute Gasteiger partial charge is 0.266 e. The number of nitrogens with one attached hydrogen (secondary N) is 1. The number of nitrogens with zero attached hydrogens (tertiary/aromatic N) is 3. The van der Waals surface area contributed by atoms with E-state index in [-0.39, 0.29) is 28.3 Å². The number of anilines is 1. The molecule has 3 amide bonds. The van der Waals surface area contributed by atoms with Gasteiger partial charge in [0.05, 0.1) is 16.8 Å². The normalized spacial score (nSPS) is 15.7. The summed E-state index contributed by atoms with van der Waals surface area (Å²) < 4.78 is 13.2. The summed E-state index contributed by atoms with van der Waals surface area (Å²) in [7, 11) is 0. The predicted molar refractivity (Wildman–Crippen MR) is 107 cm³/mol. The van der Waals surface area contributed by atoms with Crippen molar-refractivity contribution in [1.29, 1.82) is 0 Å². The zero-order chi connectivity index (χ0) is 21.3. The Labute approximate surface area is 172 Å². The zero-order valence-corrected chi connectivity index (χ0v) is 15.9. The van der Waals surface area contributed by atoms with Gasteiger partial charge >= 0.3 is 0 Å². The van der Waals surface area contributed by atoms with E-state index in [1.807, 2.05) is 0 Å². The SMILES string of the molecule is C#CCCC1(CCNC(=O)c2ccc3c(c2)C(=O)N(c2ccc(F)cc2)C3=O)N=N1. The van der Waals surface area contributed by atoms with Gasteiger partial charge in [0.2, 0.25) is 0 Å². The number of rotatable bonds is 7. The molecular weight excluding hydrogens is 387 g/mol. The standard InChI is InChI=1S/C22H17FN4O3/c1-2-3-10-22(25-26-22)11-12-24-19(28)14-4-9-17-18(13-14)21(30)27(20(17)29)16-7-5-15(23)6-8-16/h1,4-9,13H,3,10-12H2,(H,24,28). The minimum Gasteiger partial charge on any atom is -0.352 e. The Bertz CT molecular complexity index is 1110. The Morgan fingerprint density at radius 2 is 1.77 bits per heavy atom. The predicted octanol–water partition coefficient (Wildman–Crippen LogP) is 3.32. The zero-order valence-electron chi connectivity index (χ0n) is 15.9. The lowest BCUT2D eigenvalue weighted by atomic mass is 10.0. The highest BCUT2D eigenvalue weighted by Crippen LogP contribution is 2.36. The van der Waals surface area contributed by atoms with Gasteiger partial charge in [-0.1, -0.05) is 0 Å². The lowest BCUT2D eigenvalue weighted by Gasteiger charge is -2.13. The molecule has 0 radical (unpaired) electrons. The maximum atomic E-state index is 13.2. The molecule has 0 saturated heterocycles. The Balaban J connectivity index is 1.44. The number of amides is 3. The van der Waals surface area contributed by atoms with Gasteiger partial charge in [0.25, 0.3) is 17.7 Å². The second-order valence-electron chi connectivity index (χ2n) is 7.07. The fourth-order valence-corrected chi connectivity index (χ4v) is 3.35. The lowest BCUT2D eigenvalue weighted by Crippen LogP contribution is -2.29. The van der Waals surface area contributed by atoms with E-state index in [2.05, 4.69) is 21.5 Å². The summed E-state index contributed by atoms with van der Waals surface area (Å²) in [5, 5.41) is 10.8. The van der Waals surface area contributed by atoms with Crippen LogP contribution in [-0.2, 0) is 0 Å². The number of halogens is 1. The van der Waals surface area contributed by atoms with E-state index in [0.717, 1.165) is 4.90 Å². The highest BCUT2D eigenvalue weighted by molar-refractivity contribution is 6.34. The van der Waals surface area contributed by atoms with E-state index in [4.69, 9.17) is 6.42 Å². The average Bonchev–Trinajstić information content (AvgIpc) is 3.47. The first-order valence-corrected chi connectivity index (χ1v) is 9.38. The molecule has 0 aliphatic carbocycles. The van der Waals surface area contributed by atoms with Crippen LogP contribution in [-0.4, -0.2) is 29.9 Å². The maximum absolute atomic E-state index is 13.2. The summed E-state index contributed by atoms with van der Waals surface area (Å²) in [5.74, 6) is 0.641. The molecule has 0 unspecified atom stereocenters. The Hall–Kier alpha value is -3.86. The van der Waals surface area contributed by atoms with E-state index >= 15 is 0 Å². The van der Waals surface area contributed by atoms with Crippen LogP contribution in [0.5, 0.6) is 0 Å². The number of fused-ring (bicyclic) bond motifs is 1. The monoisotopic (exact) mass is 404 g/mol. The molecule has 4 rings (SSSR count). The number of carbonyl (C=O) groups excluding carboxylic acids is 3. The summed E-state index contributed by atoms with van der Waals surface area (Å²) in [4.78, 5) is 38.8. The van der Waals surface area contributed by atoms with Gasteiger partial charge in [-0.25, -0.2) is 9.29 Å². The molecule has 30 heavy (non-hydrogen) atoms. The Morgan fingerprint density at radius 1 is 1.07 bits per heavy atom. The van der Waals surface area contributed by atoms with E-state index in [1.54, 1.807) is 0 Å². The molecule has 0 fully saturated rings. The average molecular weight is 404 g/mol. The topological polar surface area (TPSA) is 91.2 Å². The van der Waals surface area contributed by atoms with Crippen molar-refractivity contribution in [2.24, 2.45) is 10.2 Å². The number of carbonyl (C=O) groups is 3. The molecule has 0 bridgehead atoms. The molecule has 7 nitrogen and oxygen atoms in total. The molecule has 0 atom stereocenters. The van der Waals surface area contributed by atoms with E-state index < -0.39 is 23.3 Å². The van der Waals surface area contributed by atoms with Crippen molar-refractivity contribution >= 4 is 23.4 Å². The van der Waals surface area contributed by atoms with Crippen LogP contribution in [0.25, 0.3) is 0 Å².